The Morgan fingerprint density at radius 2 is 1.90 bits per heavy atom. The van der Waals surface area contributed by atoms with Gasteiger partial charge in [0.05, 0.1) is 18.2 Å². The summed E-state index contributed by atoms with van der Waals surface area (Å²) in [5.74, 6) is 0.651. The summed E-state index contributed by atoms with van der Waals surface area (Å²) in [4.78, 5) is 14.7. The molecule has 10 heteroatoms. The minimum Gasteiger partial charge on any atom is -0.490 e. The Bertz CT molecular complexity index is 971. The van der Waals surface area contributed by atoms with Crippen LogP contribution in [0.15, 0.2) is 33.9 Å². The van der Waals surface area contributed by atoms with E-state index in [2.05, 4.69) is 0 Å². The van der Waals surface area contributed by atoms with Crippen molar-refractivity contribution in [2.75, 3.05) is 39.4 Å². The maximum atomic E-state index is 13.0. The molecule has 30 heavy (non-hydrogen) atoms. The number of piperazine rings is 1. The van der Waals surface area contributed by atoms with E-state index in [1.165, 1.54) is 15.6 Å². The topological polar surface area (TPSA) is 76.2 Å². The predicted octanol–water partition coefficient (Wildman–Crippen LogP) is 3.74. The predicted molar refractivity (Wildman–Crippen MR) is 117 cm³/mol. The second-order valence-corrected chi connectivity index (χ2v) is 10.2. The van der Waals surface area contributed by atoms with E-state index in [0.29, 0.717) is 52.6 Å². The third-order valence-electron chi connectivity index (χ3n) is 4.62. The normalized spacial score (nSPS) is 15.2. The van der Waals surface area contributed by atoms with Crippen LogP contribution in [0.5, 0.6) is 11.5 Å². The highest BCUT2D eigenvalue weighted by molar-refractivity contribution is 7.91. The van der Waals surface area contributed by atoms with Crippen LogP contribution in [0.1, 0.15) is 30.6 Å². The van der Waals surface area contributed by atoms with Crippen molar-refractivity contribution in [2.45, 2.75) is 24.5 Å². The summed E-state index contributed by atoms with van der Waals surface area (Å²) in [5, 5.41) is 2.05. The summed E-state index contributed by atoms with van der Waals surface area (Å²) >= 11 is 7.56. The molecule has 7 nitrogen and oxygen atoms in total. The van der Waals surface area contributed by atoms with Gasteiger partial charge in [0.2, 0.25) is 0 Å². The molecule has 1 fully saturated rings. The second kappa shape index (κ2) is 10.00. The molecule has 0 spiro atoms. The SMILES string of the molecule is CCCOc1c(Cl)cc(C(=O)N2CCN(S(=O)(=O)c3cccs3)CC2)cc1OCC. The van der Waals surface area contributed by atoms with E-state index >= 15 is 0 Å². The van der Waals surface area contributed by atoms with Crippen LogP contribution < -0.4 is 9.47 Å². The minimum absolute atomic E-state index is 0.215. The van der Waals surface area contributed by atoms with Crippen LogP contribution in [0.2, 0.25) is 5.02 Å². The molecular formula is C20H25ClN2O5S2. The summed E-state index contributed by atoms with van der Waals surface area (Å²) in [6, 6.07) is 6.52. The molecule has 1 aliphatic rings. The van der Waals surface area contributed by atoms with Crippen LogP contribution in [-0.2, 0) is 10.0 Å². The number of hydrogen-bond donors (Lipinski definition) is 0. The first kappa shape index (κ1) is 22.9. The van der Waals surface area contributed by atoms with Crippen LogP contribution in [0, 0.1) is 0 Å². The third-order valence-corrected chi connectivity index (χ3v) is 8.17. The van der Waals surface area contributed by atoms with Crippen molar-refractivity contribution in [3.8, 4) is 11.5 Å². The van der Waals surface area contributed by atoms with Gasteiger partial charge in [0.15, 0.2) is 11.5 Å². The minimum atomic E-state index is -3.51. The zero-order valence-corrected chi connectivity index (χ0v) is 19.4. The smallest absolute Gasteiger partial charge is 0.254 e. The second-order valence-electron chi connectivity index (χ2n) is 6.70. The lowest BCUT2D eigenvalue weighted by atomic mass is 10.1. The summed E-state index contributed by atoms with van der Waals surface area (Å²) in [6.45, 7) is 5.84. The number of carbonyl (C=O) groups is 1. The van der Waals surface area contributed by atoms with Crippen LogP contribution in [-0.4, -0.2) is 62.9 Å². The van der Waals surface area contributed by atoms with Gasteiger partial charge in [0, 0.05) is 31.7 Å². The van der Waals surface area contributed by atoms with E-state index in [9.17, 15) is 13.2 Å². The fraction of sp³-hybridized carbons (Fsp3) is 0.450. The molecule has 0 radical (unpaired) electrons. The molecular weight excluding hydrogens is 448 g/mol. The van der Waals surface area contributed by atoms with Crippen molar-refractivity contribution in [3.63, 3.8) is 0 Å². The molecule has 0 bridgehead atoms. The summed E-state index contributed by atoms with van der Waals surface area (Å²) in [7, 11) is -3.51. The standard InChI is InChI=1S/C20H25ClN2O5S2/c1-3-11-28-19-16(21)13-15(14-17(19)27-4-2)20(24)22-7-9-23(10-8-22)30(25,26)18-6-5-12-29-18/h5-6,12-14H,3-4,7-11H2,1-2H3. The van der Waals surface area contributed by atoms with Gasteiger partial charge >= 0.3 is 0 Å². The quantitative estimate of drug-likeness (QED) is 0.585. The number of rotatable bonds is 8. The molecule has 0 unspecified atom stereocenters. The molecule has 164 valence electrons. The Hall–Kier alpha value is -1.81. The fourth-order valence-corrected chi connectivity index (χ4v) is 5.98. The monoisotopic (exact) mass is 472 g/mol. The lowest BCUT2D eigenvalue weighted by Gasteiger charge is -2.33. The molecule has 1 aromatic heterocycles. The van der Waals surface area contributed by atoms with Crippen LogP contribution in [0.3, 0.4) is 0 Å². The Morgan fingerprint density at radius 3 is 2.50 bits per heavy atom. The van der Waals surface area contributed by atoms with Gasteiger partial charge in [-0.2, -0.15) is 4.31 Å². The molecule has 0 saturated carbocycles. The lowest BCUT2D eigenvalue weighted by Crippen LogP contribution is -2.50. The van der Waals surface area contributed by atoms with Crippen molar-refractivity contribution < 1.29 is 22.7 Å². The van der Waals surface area contributed by atoms with Gasteiger partial charge in [-0.05, 0) is 36.9 Å². The lowest BCUT2D eigenvalue weighted by molar-refractivity contribution is 0.0697. The first-order valence-electron chi connectivity index (χ1n) is 9.80. The van der Waals surface area contributed by atoms with Crippen molar-refractivity contribution in [2.24, 2.45) is 0 Å². The number of carbonyl (C=O) groups excluding carboxylic acids is 1. The average molecular weight is 473 g/mol. The van der Waals surface area contributed by atoms with Crippen LogP contribution in [0.4, 0.5) is 0 Å². The molecule has 1 amide bonds. The molecule has 2 aromatic rings. The summed E-state index contributed by atoms with van der Waals surface area (Å²) in [6.07, 6.45) is 0.821. The average Bonchev–Trinajstić information content (AvgIpc) is 3.29. The number of halogens is 1. The molecule has 0 aliphatic carbocycles. The van der Waals surface area contributed by atoms with Gasteiger partial charge in [-0.1, -0.05) is 24.6 Å². The zero-order chi connectivity index (χ0) is 21.7. The van der Waals surface area contributed by atoms with Crippen molar-refractivity contribution >= 4 is 38.9 Å². The Labute approximate surface area is 186 Å². The number of thiophene rings is 1. The van der Waals surface area contributed by atoms with Crippen molar-refractivity contribution in [3.05, 3.63) is 40.2 Å². The third kappa shape index (κ3) is 4.91. The molecule has 1 saturated heterocycles. The van der Waals surface area contributed by atoms with Crippen molar-refractivity contribution in [1.82, 2.24) is 9.21 Å². The molecule has 1 aliphatic heterocycles. The number of amides is 1. The number of benzene rings is 1. The van der Waals surface area contributed by atoms with E-state index in [-0.39, 0.29) is 19.0 Å². The zero-order valence-electron chi connectivity index (χ0n) is 17.0. The van der Waals surface area contributed by atoms with Gasteiger partial charge in [0.1, 0.15) is 4.21 Å². The first-order chi connectivity index (χ1) is 14.4. The highest BCUT2D eigenvalue weighted by Crippen LogP contribution is 2.37. The fourth-order valence-electron chi connectivity index (χ4n) is 3.15. The summed E-state index contributed by atoms with van der Waals surface area (Å²) in [5.41, 5.74) is 0.391. The number of hydrogen-bond acceptors (Lipinski definition) is 6. The largest absolute Gasteiger partial charge is 0.490 e. The highest BCUT2D eigenvalue weighted by Gasteiger charge is 2.31. The molecule has 2 heterocycles. The van der Waals surface area contributed by atoms with Gasteiger partial charge < -0.3 is 14.4 Å². The number of sulfonamides is 1. The molecule has 3 rings (SSSR count). The maximum Gasteiger partial charge on any atom is 0.254 e. The highest BCUT2D eigenvalue weighted by atomic mass is 35.5. The van der Waals surface area contributed by atoms with E-state index in [4.69, 9.17) is 21.1 Å². The maximum absolute atomic E-state index is 13.0. The Kier molecular flexibility index (Phi) is 7.62. The van der Waals surface area contributed by atoms with E-state index in [1.807, 2.05) is 13.8 Å². The summed E-state index contributed by atoms with van der Waals surface area (Å²) < 4.78 is 38.4. The molecule has 0 atom stereocenters. The van der Waals surface area contributed by atoms with E-state index in [0.717, 1.165) is 6.42 Å². The Morgan fingerprint density at radius 1 is 1.17 bits per heavy atom. The van der Waals surface area contributed by atoms with Gasteiger partial charge in [0.25, 0.3) is 15.9 Å². The number of ether oxygens (including phenoxy) is 2. The van der Waals surface area contributed by atoms with Crippen molar-refractivity contribution in [1.29, 1.82) is 0 Å². The molecule has 0 N–H and O–H groups in total. The Balaban J connectivity index is 1.73. The van der Waals surface area contributed by atoms with Crippen LogP contribution in [0.25, 0.3) is 0 Å². The van der Waals surface area contributed by atoms with Crippen LogP contribution >= 0.6 is 22.9 Å². The van der Waals surface area contributed by atoms with E-state index < -0.39 is 10.0 Å². The first-order valence-corrected chi connectivity index (χ1v) is 12.5. The van der Waals surface area contributed by atoms with Gasteiger partial charge in [-0.3, -0.25) is 4.79 Å². The van der Waals surface area contributed by atoms with E-state index in [1.54, 1.807) is 34.5 Å². The number of nitrogens with zero attached hydrogens (tertiary/aromatic N) is 2. The van der Waals surface area contributed by atoms with Gasteiger partial charge in [-0.15, -0.1) is 11.3 Å². The molecule has 1 aromatic carbocycles. The van der Waals surface area contributed by atoms with Gasteiger partial charge in [-0.25, -0.2) is 8.42 Å².